The van der Waals surface area contributed by atoms with Gasteiger partial charge in [-0.25, -0.2) is 0 Å². The predicted molar refractivity (Wildman–Crippen MR) is 143 cm³/mol. The van der Waals surface area contributed by atoms with Crippen LogP contribution in [-0.4, -0.2) is 34.4 Å². The number of nitrogens with one attached hydrogen (secondary N) is 1. The number of para-hydroxylation sites is 1. The van der Waals surface area contributed by atoms with Crippen LogP contribution in [0.15, 0.2) is 85.1 Å². The Kier molecular flexibility index (Phi) is 7.33. The molecule has 2 atom stereocenters. The molecule has 1 saturated heterocycles. The van der Waals surface area contributed by atoms with Gasteiger partial charge in [-0.05, 0) is 60.7 Å². The summed E-state index contributed by atoms with van der Waals surface area (Å²) in [4.78, 5) is 20.0. The van der Waals surface area contributed by atoms with E-state index in [1.807, 2.05) is 41.4 Å². The van der Waals surface area contributed by atoms with Gasteiger partial charge in [-0.15, -0.1) is 0 Å². The van der Waals surface area contributed by atoms with Crippen molar-refractivity contribution in [2.24, 2.45) is 0 Å². The quantitative estimate of drug-likeness (QED) is 0.324. The third-order valence-corrected chi connectivity index (χ3v) is 7.16. The lowest BCUT2D eigenvalue weighted by molar-refractivity contribution is 0.0576. The van der Waals surface area contributed by atoms with Crippen LogP contribution in [0.3, 0.4) is 0 Å². The van der Waals surface area contributed by atoms with Gasteiger partial charge in [-0.2, -0.15) is 0 Å². The minimum absolute atomic E-state index is 0.0195. The van der Waals surface area contributed by atoms with Crippen molar-refractivity contribution in [2.75, 3.05) is 6.54 Å². The minimum atomic E-state index is -0.0195. The van der Waals surface area contributed by atoms with Crippen LogP contribution < -0.4 is 5.32 Å². The number of piperidine rings is 1. The van der Waals surface area contributed by atoms with E-state index in [-0.39, 0.29) is 11.9 Å². The van der Waals surface area contributed by atoms with Gasteiger partial charge in [0.15, 0.2) is 0 Å². The molecule has 1 aromatic heterocycles. The highest BCUT2D eigenvalue weighted by atomic mass is 35.5. The monoisotopic (exact) mass is 503 g/mol. The minimum Gasteiger partial charge on any atom is -0.335 e. The lowest BCUT2D eigenvalue weighted by Gasteiger charge is -2.40. The summed E-state index contributed by atoms with van der Waals surface area (Å²) >= 11 is 12.4. The molecule has 1 amide bonds. The van der Waals surface area contributed by atoms with E-state index in [2.05, 4.69) is 40.6 Å². The third-order valence-electron chi connectivity index (χ3n) is 6.72. The first-order valence-electron chi connectivity index (χ1n) is 11.9. The highest BCUT2D eigenvalue weighted by Gasteiger charge is 2.32. The second-order valence-corrected chi connectivity index (χ2v) is 9.96. The fourth-order valence-electron chi connectivity index (χ4n) is 4.99. The van der Waals surface area contributed by atoms with Crippen LogP contribution in [0.25, 0.3) is 10.9 Å². The maximum absolute atomic E-state index is 13.5. The lowest BCUT2D eigenvalue weighted by Crippen LogP contribution is -2.51. The third kappa shape index (κ3) is 5.67. The molecular formula is C29H27Cl2N3O. The summed E-state index contributed by atoms with van der Waals surface area (Å²) in [5.41, 5.74) is 4.01. The Bertz CT molecular complexity index is 1300. The van der Waals surface area contributed by atoms with Gasteiger partial charge >= 0.3 is 0 Å². The first kappa shape index (κ1) is 23.8. The van der Waals surface area contributed by atoms with Crippen LogP contribution in [0.4, 0.5) is 0 Å². The average molecular weight is 504 g/mol. The number of likely N-dealkylation sites (tertiary alicyclic amines) is 1. The Morgan fingerprint density at radius 2 is 1.71 bits per heavy atom. The molecular weight excluding hydrogens is 477 g/mol. The summed E-state index contributed by atoms with van der Waals surface area (Å²) in [6, 6.07) is 26.1. The molecule has 35 heavy (non-hydrogen) atoms. The molecule has 0 bridgehead atoms. The number of amides is 1. The molecule has 0 radical (unpaired) electrons. The molecule has 6 heteroatoms. The van der Waals surface area contributed by atoms with Crippen molar-refractivity contribution in [3.63, 3.8) is 0 Å². The first-order valence-corrected chi connectivity index (χ1v) is 12.7. The molecule has 4 aromatic rings. The zero-order chi connectivity index (χ0) is 24.2. The van der Waals surface area contributed by atoms with Gasteiger partial charge in [0, 0.05) is 52.4 Å². The number of halogens is 2. The first-order chi connectivity index (χ1) is 17.1. The van der Waals surface area contributed by atoms with Gasteiger partial charge in [-0.3, -0.25) is 9.78 Å². The number of hydrogen-bond acceptors (Lipinski definition) is 3. The maximum atomic E-state index is 13.5. The van der Waals surface area contributed by atoms with Crippen LogP contribution in [-0.2, 0) is 13.0 Å². The number of fused-ring (bicyclic) bond motifs is 1. The summed E-state index contributed by atoms with van der Waals surface area (Å²) in [5, 5.41) is 5.88. The predicted octanol–water partition coefficient (Wildman–Crippen LogP) is 6.55. The van der Waals surface area contributed by atoms with Gasteiger partial charge in [0.05, 0.1) is 5.52 Å². The van der Waals surface area contributed by atoms with E-state index >= 15 is 0 Å². The largest absolute Gasteiger partial charge is 0.335 e. The number of pyridine rings is 1. The Morgan fingerprint density at radius 1 is 0.971 bits per heavy atom. The fourth-order valence-corrected chi connectivity index (χ4v) is 5.52. The number of aromatic nitrogens is 1. The van der Waals surface area contributed by atoms with E-state index in [1.54, 1.807) is 18.2 Å². The smallest absolute Gasteiger partial charge is 0.254 e. The number of benzene rings is 3. The summed E-state index contributed by atoms with van der Waals surface area (Å²) in [6.07, 6.45) is 4.43. The molecule has 0 saturated carbocycles. The van der Waals surface area contributed by atoms with Crippen molar-refractivity contribution in [2.45, 2.75) is 37.9 Å². The van der Waals surface area contributed by atoms with Crippen molar-refractivity contribution in [3.05, 3.63) is 112 Å². The Morgan fingerprint density at radius 3 is 2.51 bits per heavy atom. The molecule has 0 unspecified atom stereocenters. The van der Waals surface area contributed by atoms with E-state index in [1.165, 1.54) is 16.5 Å². The topological polar surface area (TPSA) is 45.2 Å². The maximum Gasteiger partial charge on any atom is 0.254 e. The molecule has 1 N–H and O–H groups in total. The molecule has 1 aliphatic heterocycles. The highest BCUT2D eigenvalue weighted by molar-refractivity contribution is 6.35. The molecule has 178 valence electrons. The van der Waals surface area contributed by atoms with Crippen molar-refractivity contribution in [3.8, 4) is 0 Å². The molecule has 1 fully saturated rings. The zero-order valence-electron chi connectivity index (χ0n) is 19.3. The van der Waals surface area contributed by atoms with Gasteiger partial charge in [0.25, 0.3) is 5.91 Å². The SMILES string of the molecule is O=C(c1cc(Cl)cc(Cl)c1)N1CC[C@H](NCc2ccnc3ccccc23)C[C@H]1Cc1ccccc1. The van der Waals surface area contributed by atoms with Crippen LogP contribution in [0.2, 0.25) is 10.0 Å². The Labute approximate surface area is 215 Å². The molecule has 5 rings (SSSR count). The van der Waals surface area contributed by atoms with Crippen molar-refractivity contribution < 1.29 is 4.79 Å². The molecule has 1 aliphatic rings. The summed E-state index contributed by atoms with van der Waals surface area (Å²) in [6.45, 7) is 1.44. The van der Waals surface area contributed by atoms with E-state index in [0.29, 0.717) is 28.2 Å². The van der Waals surface area contributed by atoms with Crippen LogP contribution in [0, 0.1) is 0 Å². The van der Waals surface area contributed by atoms with Crippen molar-refractivity contribution in [1.29, 1.82) is 0 Å². The van der Waals surface area contributed by atoms with Gasteiger partial charge in [0.2, 0.25) is 0 Å². The number of rotatable bonds is 6. The van der Waals surface area contributed by atoms with E-state index < -0.39 is 0 Å². The van der Waals surface area contributed by atoms with Gasteiger partial charge < -0.3 is 10.2 Å². The zero-order valence-corrected chi connectivity index (χ0v) is 20.8. The lowest BCUT2D eigenvalue weighted by atomic mass is 9.91. The van der Waals surface area contributed by atoms with Gasteiger partial charge in [0.1, 0.15) is 0 Å². The summed E-state index contributed by atoms with van der Waals surface area (Å²) in [5.74, 6) is -0.0195. The Hall–Kier alpha value is -2.92. The van der Waals surface area contributed by atoms with Crippen LogP contribution in [0.5, 0.6) is 0 Å². The molecule has 2 heterocycles. The number of carbonyl (C=O) groups is 1. The van der Waals surface area contributed by atoms with Gasteiger partial charge in [-0.1, -0.05) is 71.7 Å². The van der Waals surface area contributed by atoms with Crippen LogP contribution >= 0.6 is 23.2 Å². The van der Waals surface area contributed by atoms with Crippen molar-refractivity contribution in [1.82, 2.24) is 15.2 Å². The van der Waals surface area contributed by atoms with E-state index in [0.717, 1.165) is 31.3 Å². The van der Waals surface area contributed by atoms with Crippen LogP contribution in [0.1, 0.15) is 34.3 Å². The fraction of sp³-hybridized carbons (Fsp3) is 0.241. The highest BCUT2D eigenvalue weighted by Crippen LogP contribution is 2.27. The normalized spacial score (nSPS) is 18.1. The molecule has 3 aromatic carbocycles. The number of carbonyl (C=O) groups excluding carboxylic acids is 1. The second kappa shape index (κ2) is 10.8. The van der Waals surface area contributed by atoms with E-state index in [4.69, 9.17) is 23.2 Å². The van der Waals surface area contributed by atoms with E-state index in [9.17, 15) is 4.79 Å². The molecule has 0 aliphatic carbocycles. The average Bonchev–Trinajstić information content (AvgIpc) is 2.87. The number of nitrogens with zero attached hydrogens (tertiary/aromatic N) is 2. The second-order valence-electron chi connectivity index (χ2n) is 9.09. The standard InChI is InChI=1S/C29H27Cl2N3O/c30-23-15-22(16-24(31)17-23)29(35)34-13-11-25(18-26(34)14-20-6-2-1-3-7-20)33-19-21-10-12-32-28-9-5-4-8-27(21)28/h1-10,12,15-17,25-26,33H,11,13-14,18-19H2/t25-,26+/m0/s1. The molecule has 4 nitrogen and oxygen atoms in total. The number of hydrogen-bond donors (Lipinski definition) is 1. The van der Waals surface area contributed by atoms with Crippen molar-refractivity contribution >= 4 is 40.0 Å². The molecule has 0 spiro atoms. The Balaban J connectivity index is 1.34. The summed E-state index contributed by atoms with van der Waals surface area (Å²) < 4.78 is 0. The summed E-state index contributed by atoms with van der Waals surface area (Å²) in [7, 11) is 0.